The van der Waals surface area contributed by atoms with Gasteiger partial charge < -0.3 is 16.0 Å². The normalized spacial score (nSPS) is 24.9. The van der Waals surface area contributed by atoms with Gasteiger partial charge in [-0.3, -0.25) is 0 Å². The molecule has 1 aromatic rings. The lowest BCUT2D eigenvalue weighted by Gasteiger charge is -2.34. The minimum atomic E-state index is -4.13. The summed E-state index contributed by atoms with van der Waals surface area (Å²) < 4.78 is 52.7. The van der Waals surface area contributed by atoms with Crippen LogP contribution in [0.5, 0.6) is 0 Å². The van der Waals surface area contributed by atoms with Gasteiger partial charge in [-0.25, -0.2) is 4.39 Å². The second kappa shape index (κ2) is 8.67. The van der Waals surface area contributed by atoms with Gasteiger partial charge in [-0.1, -0.05) is 0 Å². The molecule has 3 N–H and O–H groups in total. The third kappa shape index (κ3) is 5.50. The Morgan fingerprint density at radius 1 is 1.04 bits per heavy atom. The Morgan fingerprint density at radius 2 is 1.70 bits per heavy atom. The van der Waals surface area contributed by atoms with Crippen LogP contribution < -0.4 is 16.0 Å². The Kier molecular flexibility index (Phi) is 6.50. The van der Waals surface area contributed by atoms with Gasteiger partial charge in [-0.15, -0.1) is 0 Å². The maximum atomic E-state index is 14.4. The van der Waals surface area contributed by atoms with Crippen molar-refractivity contribution in [3.05, 3.63) is 24.0 Å². The maximum Gasteiger partial charge on any atom is 0.391 e. The van der Waals surface area contributed by atoms with Crippen LogP contribution in [0.2, 0.25) is 0 Å². The molecule has 1 aliphatic carbocycles. The van der Waals surface area contributed by atoms with E-state index in [0.717, 1.165) is 32.1 Å². The molecule has 1 saturated heterocycles. The van der Waals surface area contributed by atoms with Crippen molar-refractivity contribution in [3.63, 3.8) is 0 Å². The van der Waals surface area contributed by atoms with Crippen molar-refractivity contribution < 1.29 is 17.6 Å². The van der Waals surface area contributed by atoms with Crippen molar-refractivity contribution in [2.45, 2.75) is 57.2 Å². The van der Waals surface area contributed by atoms with Crippen LogP contribution in [-0.2, 0) is 0 Å². The quantitative estimate of drug-likeness (QED) is 0.705. The number of piperidine rings is 1. The van der Waals surface area contributed by atoms with Gasteiger partial charge in [0.05, 0.1) is 11.6 Å². The lowest BCUT2D eigenvalue weighted by molar-refractivity contribution is -0.179. The average Bonchev–Trinajstić information content (AvgIpc) is 2.64. The first-order chi connectivity index (χ1) is 12.8. The van der Waals surface area contributed by atoms with Gasteiger partial charge in [0.25, 0.3) is 0 Å². The molecule has 0 bridgehead atoms. The molecule has 0 amide bonds. The van der Waals surface area contributed by atoms with E-state index in [1.807, 2.05) is 4.90 Å². The largest absolute Gasteiger partial charge is 0.391 e. The smallest absolute Gasteiger partial charge is 0.383 e. The number of alkyl halides is 3. The zero-order chi connectivity index (χ0) is 19.4. The van der Waals surface area contributed by atoms with Crippen molar-refractivity contribution in [2.75, 3.05) is 29.9 Å². The van der Waals surface area contributed by atoms with Crippen molar-refractivity contribution in [1.29, 1.82) is 0 Å². The predicted molar refractivity (Wildman–Crippen MR) is 100 cm³/mol. The number of hydrogen-bond donors (Lipinski definition) is 2. The third-order valence-electron chi connectivity index (χ3n) is 6.04. The first-order valence-corrected chi connectivity index (χ1v) is 9.93. The fourth-order valence-corrected chi connectivity index (χ4v) is 4.20. The standard InChI is InChI=1S/C20H29F4N3/c21-18-13-17(27-11-8-15(9-12-27)20(22,23)24)5-6-19(18)26-10-7-14-1-3-16(25)4-2-14/h5-6,13-16,26H,1-4,7-12,25H2. The van der Waals surface area contributed by atoms with Crippen LogP contribution in [0.1, 0.15) is 44.9 Å². The van der Waals surface area contributed by atoms with E-state index in [4.69, 9.17) is 5.73 Å². The minimum Gasteiger partial charge on any atom is -0.383 e. The summed E-state index contributed by atoms with van der Waals surface area (Å²) in [4.78, 5) is 1.83. The molecule has 0 radical (unpaired) electrons. The monoisotopic (exact) mass is 387 g/mol. The summed E-state index contributed by atoms with van der Waals surface area (Å²) in [6.45, 7) is 1.33. The van der Waals surface area contributed by atoms with Gasteiger partial charge in [-0.05, 0) is 69.1 Å². The summed E-state index contributed by atoms with van der Waals surface area (Å²) in [5.74, 6) is -0.945. The number of nitrogens with zero attached hydrogens (tertiary/aromatic N) is 1. The minimum absolute atomic E-state index is 0.0656. The van der Waals surface area contributed by atoms with Crippen molar-refractivity contribution in [2.24, 2.45) is 17.6 Å². The third-order valence-corrected chi connectivity index (χ3v) is 6.04. The summed E-state index contributed by atoms with van der Waals surface area (Å²) in [5, 5.41) is 3.16. The number of halogens is 4. The molecule has 0 spiro atoms. The predicted octanol–water partition coefficient (Wildman–Crippen LogP) is 4.92. The summed E-state index contributed by atoms with van der Waals surface area (Å²) in [5.41, 5.74) is 7.02. The Balaban J connectivity index is 1.48. The number of nitrogens with one attached hydrogen (secondary N) is 1. The molecule has 3 rings (SSSR count). The van der Waals surface area contributed by atoms with Crippen LogP contribution in [0.4, 0.5) is 28.9 Å². The number of hydrogen-bond acceptors (Lipinski definition) is 3. The molecule has 0 unspecified atom stereocenters. The van der Waals surface area contributed by atoms with E-state index in [1.165, 1.54) is 6.07 Å². The molecule has 27 heavy (non-hydrogen) atoms. The van der Waals surface area contributed by atoms with Crippen molar-refractivity contribution in [3.8, 4) is 0 Å². The first-order valence-electron chi connectivity index (χ1n) is 9.93. The van der Waals surface area contributed by atoms with Gasteiger partial charge in [0.15, 0.2) is 0 Å². The van der Waals surface area contributed by atoms with E-state index in [-0.39, 0.29) is 18.7 Å². The van der Waals surface area contributed by atoms with E-state index in [0.29, 0.717) is 43.0 Å². The van der Waals surface area contributed by atoms with Gasteiger partial charge in [0.1, 0.15) is 5.82 Å². The summed E-state index contributed by atoms with van der Waals surface area (Å²) in [6, 6.07) is 5.24. The molecule has 152 valence electrons. The first kappa shape index (κ1) is 20.2. The number of rotatable bonds is 5. The molecular formula is C20H29F4N3. The molecule has 2 aliphatic rings. The van der Waals surface area contributed by atoms with E-state index in [1.54, 1.807) is 12.1 Å². The zero-order valence-corrected chi connectivity index (χ0v) is 15.6. The maximum absolute atomic E-state index is 14.4. The average molecular weight is 387 g/mol. The van der Waals surface area contributed by atoms with Crippen molar-refractivity contribution >= 4 is 11.4 Å². The fraction of sp³-hybridized carbons (Fsp3) is 0.700. The number of anilines is 2. The molecule has 1 aromatic carbocycles. The Hall–Kier alpha value is -1.50. The van der Waals surface area contributed by atoms with Gasteiger partial charge >= 0.3 is 6.18 Å². The Labute approximate surface area is 158 Å². The van der Waals surface area contributed by atoms with Crippen LogP contribution in [0.3, 0.4) is 0 Å². The van der Waals surface area contributed by atoms with Crippen LogP contribution in [-0.4, -0.2) is 31.9 Å². The SMILES string of the molecule is NC1CCC(CCNc2ccc(N3CCC(C(F)(F)F)CC3)cc2F)CC1. The van der Waals surface area contributed by atoms with E-state index in [9.17, 15) is 17.6 Å². The van der Waals surface area contributed by atoms with Crippen LogP contribution in [0.25, 0.3) is 0 Å². The number of benzene rings is 1. The molecule has 1 aliphatic heterocycles. The number of nitrogens with two attached hydrogens (primary N) is 1. The molecule has 1 heterocycles. The highest BCUT2D eigenvalue weighted by Crippen LogP contribution is 2.36. The van der Waals surface area contributed by atoms with Gasteiger partial charge in [-0.2, -0.15) is 13.2 Å². The highest BCUT2D eigenvalue weighted by atomic mass is 19.4. The zero-order valence-electron chi connectivity index (χ0n) is 15.6. The van der Waals surface area contributed by atoms with Crippen LogP contribution in [0, 0.1) is 17.7 Å². The highest BCUT2D eigenvalue weighted by Gasteiger charge is 2.41. The highest BCUT2D eigenvalue weighted by molar-refractivity contribution is 5.56. The molecule has 0 atom stereocenters. The lowest BCUT2D eigenvalue weighted by atomic mass is 9.84. The molecule has 0 aromatic heterocycles. The van der Waals surface area contributed by atoms with Gasteiger partial charge in [0, 0.05) is 31.4 Å². The molecule has 3 nitrogen and oxygen atoms in total. The molecule has 2 fully saturated rings. The summed E-state index contributed by atoms with van der Waals surface area (Å²) in [6.07, 6.45) is 1.41. The topological polar surface area (TPSA) is 41.3 Å². The second-order valence-corrected chi connectivity index (χ2v) is 7.96. The van der Waals surface area contributed by atoms with E-state index in [2.05, 4.69) is 5.32 Å². The summed E-state index contributed by atoms with van der Waals surface area (Å²) in [7, 11) is 0. The second-order valence-electron chi connectivity index (χ2n) is 7.96. The molecular weight excluding hydrogens is 358 g/mol. The van der Waals surface area contributed by atoms with E-state index < -0.39 is 12.1 Å². The van der Waals surface area contributed by atoms with Gasteiger partial charge in [0.2, 0.25) is 0 Å². The lowest BCUT2D eigenvalue weighted by Crippen LogP contribution is -2.39. The Bertz CT molecular complexity index is 604. The van der Waals surface area contributed by atoms with Crippen LogP contribution >= 0.6 is 0 Å². The molecule has 7 heteroatoms. The van der Waals surface area contributed by atoms with Crippen molar-refractivity contribution in [1.82, 2.24) is 0 Å². The van der Waals surface area contributed by atoms with E-state index >= 15 is 0 Å². The summed E-state index contributed by atoms with van der Waals surface area (Å²) >= 11 is 0. The van der Waals surface area contributed by atoms with Crippen LogP contribution in [0.15, 0.2) is 18.2 Å². The Morgan fingerprint density at radius 3 is 2.30 bits per heavy atom. The molecule has 1 saturated carbocycles. The fourth-order valence-electron chi connectivity index (χ4n) is 4.20.